The Morgan fingerprint density at radius 1 is 1.41 bits per heavy atom. The molecule has 0 fully saturated rings. The first kappa shape index (κ1) is 15.8. The van der Waals surface area contributed by atoms with E-state index in [2.05, 4.69) is 15.6 Å². The van der Waals surface area contributed by atoms with Gasteiger partial charge in [0.25, 0.3) is 0 Å². The Kier molecular flexibility index (Phi) is 4.65. The number of nitrogens with zero attached hydrogens (tertiary/aromatic N) is 3. The van der Waals surface area contributed by atoms with Crippen LogP contribution in [-0.2, 0) is 11.3 Å². The molecule has 0 unspecified atom stereocenters. The largest absolute Gasteiger partial charge is 0.444 e. The molecule has 118 valence electrons. The molecule has 0 spiro atoms. The number of carbonyl (C=O) groups is 1. The molecule has 1 aromatic carbocycles. The molecule has 2 aromatic rings. The molecule has 22 heavy (non-hydrogen) atoms. The molecular weight excluding hydrogens is 282 g/mol. The number of hydrogen-bond donors (Lipinski definition) is 2. The van der Waals surface area contributed by atoms with Gasteiger partial charge in [0.15, 0.2) is 0 Å². The van der Waals surface area contributed by atoms with Crippen molar-refractivity contribution in [2.75, 3.05) is 12.3 Å². The van der Waals surface area contributed by atoms with Gasteiger partial charge in [0.2, 0.25) is 0 Å². The second kappa shape index (κ2) is 6.46. The Hall–Kier alpha value is -2.57. The fourth-order valence-electron chi connectivity index (χ4n) is 1.82. The molecule has 0 saturated heterocycles. The first-order chi connectivity index (χ1) is 10.3. The molecule has 0 radical (unpaired) electrons. The Morgan fingerprint density at radius 2 is 2.18 bits per heavy atom. The average Bonchev–Trinajstić information content (AvgIpc) is 2.85. The summed E-state index contributed by atoms with van der Waals surface area (Å²) < 4.78 is 6.82. The van der Waals surface area contributed by atoms with E-state index >= 15 is 0 Å². The second-order valence-corrected chi connectivity index (χ2v) is 5.92. The number of alkyl carbamates (subject to hydrolysis) is 1. The van der Waals surface area contributed by atoms with Crippen LogP contribution in [0.5, 0.6) is 0 Å². The molecule has 2 rings (SSSR count). The molecule has 0 saturated carbocycles. The van der Waals surface area contributed by atoms with Gasteiger partial charge in [-0.3, -0.25) is 4.68 Å². The highest BCUT2D eigenvalue weighted by Crippen LogP contribution is 2.18. The van der Waals surface area contributed by atoms with Crippen LogP contribution in [0, 0.1) is 0 Å². The van der Waals surface area contributed by atoms with E-state index in [1.807, 2.05) is 51.2 Å². The fourth-order valence-corrected chi connectivity index (χ4v) is 1.82. The van der Waals surface area contributed by atoms with Gasteiger partial charge in [-0.15, -0.1) is 5.10 Å². The highest BCUT2D eigenvalue weighted by Gasteiger charge is 2.15. The molecule has 3 N–H and O–H groups in total. The van der Waals surface area contributed by atoms with Gasteiger partial charge in [0.05, 0.1) is 12.7 Å². The zero-order valence-electron chi connectivity index (χ0n) is 13.0. The van der Waals surface area contributed by atoms with Gasteiger partial charge in [-0.1, -0.05) is 17.3 Å². The van der Waals surface area contributed by atoms with Crippen LogP contribution >= 0.6 is 0 Å². The predicted octanol–water partition coefficient (Wildman–Crippen LogP) is 2.05. The molecule has 7 heteroatoms. The van der Waals surface area contributed by atoms with Crippen molar-refractivity contribution in [3.63, 3.8) is 0 Å². The number of nitrogens with one attached hydrogen (secondary N) is 1. The summed E-state index contributed by atoms with van der Waals surface area (Å²) in [6.07, 6.45) is 1.37. The van der Waals surface area contributed by atoms with Gasteiger partial charge in [-0.05, 0) is 32.9 Å². The van der Waals surface area contributed by atoms with E-state index in [0.717, 1.165) is 11.3 Å². The lowest BCUT2D eigenvalue weighted by Crippen LogP contribution is -2.34. The van der Waals surface area contributed by atoms with Crippen molar-refractivity contribution in [2.24, 2.45) is 0 Å². The lowest BCUT2D eigenvalue weighted by Gasteiger charge is -2.19. The highest BCUT2D eigenvalue weighted by molar-refractivity contribution is 5.67. The minimum atomic E-state index is -0.502. The summed E-state index contributed by atoms with van der Waals surface area (Å²) in [6, 6.07) is 7.45. The summed E-state index contributed by atoms with van der Waals surface area (Å²) in [4.78, 5) is 11.5. The predicted molar refractivity (Wildman–Crippen MR) is 84.1 cm³/mol. The monoisotopic (exact) mass is 303 g/mol. The maximum Gasteiger partial charge on any atom is 0.407 e. The number of aromatic nitrogens is 3. The van der Waals surface area contributed by atoms with Gasteiger partial charge in [-0.2, -0.15) is 0 Å². The maximum atomic E-state index is 11.5. The third-order valence-electron chi connectivity index (χ3n) is 2.73. The summed E-state index contributed by atoms with van der Waals surface area (Å²) in [5.41, 5.74) is 7.58. The molecule has 0 atom stereocenters. The van der Waals surface area contributed by atoms with E-state index in [1.165, 1.54) is 0 Å². The first-order valence-corrected chi connectivity index (χ1v) is 7.06. The number of hydrogen-bond acceptors (Lipinski definition) is 5. The van der Waals surface area contributed by atoms with Crippen LogP contribution < -0.4 is 11.1 Å². The number of anilines is 1. The van der Waals surface area contributed by atoms with Crippen molar-refractivity contribution in [1.82, 2.24) is 20.3 Å². The lowest BCUT2D eigenvalue weighted by atomic mass is 10.1. The molecule has 0 bridgehead atoms. The van der Waals surface area contributed by atoms with E-state index in [-0.39, 0.29) is 0 Å². The second-order valence-electron chi connectivity index (χ2n) is 5.92. The number of rotatable bonds is 4. The van der Waals surface area contributed by atoms with Crippen LogP contribution in [0.25, 0.3) is 11.3 Å². The number of nitrogens with two attached hydrogens (primary N) is 1. The molecule has 1 aromatic heterocycles. The van der Waals surface area contributed by atoms with Gasteiger partial charge in [-0.25, -0.2) is 4.79 Å². The number of nitrogen functional groups attached to an aromatic ring is 1. The Bertz CT molecular complexity index is 645. The Labute approximate surface area is 129 Å². The molecule has 0 aliphatic heterocycles. The Morgan fingerprint density at radius 3 is 2.86 bits per heavy atom. The van der Waals surface area contributed by atoms with Crippen LogP contribution in [0.2, 0.25) is 0 Å². The van der Waals surface area contributed by atoms with Crippen molar-refractivity contribution in [3.05, 3.63) is 30.5 Å². The smallest absolute Gasteiger partial charge is 0.407 e. The van der Waals surface area contributed by atoms with Crippen LogP contribution in [-0.4, -0.2) is 33.2 Å². The SMILES string of the molecule is CC(C)(C)OC(=O)NCCn1cc(-c2cccc(N)c2)nn1. The van der Waals surface area contributed by atoms with Crippen molar-refractivity contribution < 1.29 is 9.53 Å². The van der Waals surface area contributed by atoms with E-state index in [0.29, 0.717) is 18.8 Å². The normalized spacial score (nSPS) is 11.2. The van der Waals surface area contributed by atoms with Crippen molar-refractivity contribution in [2.45, 2.75) is 32.9 Å². The van der Waals surface area contributed by atoms with Crippen LogP contribution in [0.15, 0.2) is 30.5 Å². The summed E-state index contributed by atoms with van der Waals surface area (Å²) in [5.74, 6) is 0. The van der Waals surface area contributed by atoms with Gasteiger partial charge >= 0.3 is 6.09 Å². The van der Waals surface area contributed by atoms with Crippen molar-refractivity contribution >= 4 is 11.8 Å². The van der Waals surface area contributed by atoms with E-state index in [9.17, 15) is 4.79 Å². The summed E-state index contributed by atoms with van der Waals surface area (Å²) in [7, 11) is 0. The first-order valence-electron chi connectivity index (χ1n) is 7.06. The fraction of sp³-hybridized carbons (Fsp3) is 0.400. The minimum absolute atomic E-state index is 0.411. The van der Waals surface area contributed by atoms with E-state index in [4.69, 9.17) is 10.5 Å². The third-order valence-corrected chi connectivity index (χ3v) is 2.73. The zero-order valence-corrected chi connectivity index (χ0v) is 13.0. The van der Waals surface area contributed by atoms with Crippen molar-refractivity contribution in [3.8, 4) is 11.3 Å². The van der Waals surface area contributed by atoms with Crippen LogP contribution in [0.1, 0.15) is 20.8 Å². The molecule has 1 heterocycles. The average molecular weight is 303 g/mol. The van der Waals surface area contributed by atoms with Gasteiger partial charge in [0.1, 0.15) is 11.3 Å². The molecule has 1 amide bonds. The summed E-state index contributed by atoms with van der Waals surface area (Å²) in [5, 5.41) is 10.8. The van der Waals surface area contributed by atoms with Crippen LogP contribution in [0.3, 0.4) is 0 Å². The van der Waals surface area contributed by atoms with Gasteiger partial charge < -0.3 is 15.8 Å². The quantitative estimate of drug-likeness (QED) is 0.843. The van der Waals surface area contributed by atoms with Crippen molar-refractivity contribution in [1.29, 1.82) is 0 Å². The zero-order chi connectivity index (χ0) is 16.2. The van der Waals surface area contributed by atoms with Gasteiger partial charge in [0, 0.05) is 17.8 Å². The third kappa shape index (κ3) is 4.76. The number of carbonyl (C=O) groups excluding carboxylic acids is 1. The number of ether oxygens (including phenoxy) is 1. The minimum Gasteiger partial charge on any atom is -0.444 e. The molecular formula is C15H21N5O2. The molecule has 0 aliphatic rings. The molecule has 7 nitrogen and oxygen atoms in total. The summed E-state index contributed by atoms with van der Waals surface area (Å²) in [6.45, 7) is 6.38. The Balaban J connectivity index is 1.87. The standard InChI is InChI=1S/C15H21N5O2/c1-15(2,3)22-14(21)17-7-8-20-10-13(18-19-20)11-5-4-6-12(16)9-11/h4-6,9-10H,7-8,16H2,1-3H3,(H,17,21). The number of benzene rings is 1. The molecule has 0 aliphatic carbocycles. The number of amides is 1. The maximum absolute atomic E-state index is 11.5. The lowest BCUT2D eigenvalue weighted by molar-refractivity contribution is 0.0525. The summed E-state index contributed by atoms with van der Waals surface area (Å²) >= 11 is 0. The highest BCUT2D eigenvalue weighted by atomic mass is 16.6. The topological polar surface area (TPSA) is 95.1 Å². The van der Waals surface area contributed by atoms with E-state index < -0.39 is 11.7 Å². The van der Waals surface area contributed by atoms with E-state index in [1.54, 1.807) is 4.68 Å². The van der Waals surface area contributed by atoms with Crippen LogP contribution in [0.4, 0.5) is 10.5 Å².